The van der Waals surface area contributed by atoms with E-state index in [0.29, 0.717) is 61.3 Å². The maximum Gasteiger partial charge on any atom is 0.416 e. The van der Waals surface area contributed by atoms with Crippen LogP contribution < -0.4 is 0 Å². The van der Waals surface area contributed by atoms with E-state index in [-0.39, 0.29) is 11.4 Å². The first kappa shape index (κ1) is 46.1. The van der Waals surface area contributed by atoms with Crippen LogP contribution >= 0.6 is 0 Å². The molecule has 0 aliphatic rings. The molecule has 0 saturated heterocycles. The molecular weight excluding hydrogens is 948 g/mol. The second kappa shape index (κ2) is 18.3. The summed E-state index contributed by atoms with van der Waals surface area (Å²) in [6.07, 6.45) is -4.82. The molecule has 0 aliphatic carbocycles. The highest BCUT2D eigenvalue weighted by atomic mass is 19.4. The van der Waals surface area contributed by atoms with E-state index in [1.807, 2.05) is 137 Å². The summed E-state index contributed by atoms with van der Waals surface area (Å²) < 4.78 is 51.7. The van der Waals surface area contributed by atoms with E-state index in [4.69, 9.17) is 13.1 Å². The Morgan fingerprint density at radius 1 is 0.355 bits per heavy atom. The van der Waals surface area contributed by atoms with Gasteiger partial charge < -0.3 is 9.13 Å². The number of fused-ring (bicyclic) bond motifs is 6. The second-order valence-electron chi connectivity index (χ2n) is 18.4. The summed E-state index contributed by atoms with van der Waals surface area (Å²) in [5, 5.41) is 32.5. The van der Waals surface area contributed by atoms with Crippen molar-refractivity contribution in [3.8, 4) is 85.2 Å². The molecule has 0 bridgehead atoms. The van der Waals surface area contributed by atoms with Crippen LogP contribution in [0.1, 0.15) is 22.3 Å². The maximum atomic E-state index is 16.0. The number of hydrogen-bond acceptors (Lipinski definition) is 3. The zero-order valence-electron chi connectivity index (χ0n) is 39.9. The van der Waals surface area contributed by atoms with E-state index >= 15 is 13.2 Å². The summed E-state index contributed by atoms with van der Waals surface area (Å²) in [6, 6.07) is 68.4. The van der Waals surface area contributed by atoms with Gasteiger partial charge in [-0.2, -0.15) is 29.0 Å². The van der Waals surface area contributed by atoms with Crippen LogP contribution in [-0.4, -0.2) is 9.13 Å². The van der Waals surface area contributed by atoms with Gasteiger partial charge in [0.15, 0.2) is 11.4 Å². The molecule has 0 spiro atoms. The summed E-state index contributed by atoms with van der Waals surface area (Å²) in [5.41, 5.74) is 12.1. The molecule has 2 aromatic heterocycles. The monoisotopic (exact) mass is 981 g/mol. The van der Waals surface area contributed by atoms with Gasteiger partial charge in [0.05, 0.1) is 87.0 Å². The fraction of sp³-hybridized carbons (Fsp3) is 0.0152. The minimum atomic E-state index is -4.82. The lowest BCUT2D eigenvalue weighted by atomic mass is 9.96. The number of halogens is 3. The van der Waals surface area contributed by atoms with E-state index in [0.717, 1.165) is 66.1 Å². The molecule has 0 N–H and O–H groups in total. The van der Waals surface area contributed by atoms with E-state index in [9.17, 15) is 15.8 Å². The molecule has 0 fully saturated rings. The van der Waals surface area contributed by atoms with Gasteiger partial charge in [-0.1, -0.05) is 109 Å². The van der Waals surface area contributed by atoms with Gasteiger partial charge in [0.2, 0.25) is 0 Å². The Kier molecular flexibility index (Phi) is 11.1. The number of alkyl halides is 3. The third-order valence-corrected chi connectivity index (χ3v) is 14.1. The lowest BCUT2D eigenvalue weighted by molar-refractivity contribution is -0.137. The zero-order chi connectivity index (χ0) is 52.2. The first-order valence-corrected chi connectivity index (χ1v) is 23.9. The molecule has 10 aromatic carbocycles. The Balaban J connectivity index is 1.20. The molecule has 0 radical (unpaired) electrons. The fourth-order valence-electron chi connectivity index (χ4n) is 10.4. The van der Waals surface area contributed by atoms with Gasteiger partial charge in [0.1, 0.15) is 0 Å². The van der Waals surface area contributed by atoms with Gasteiger partial charge in [0, 0.05) is 27.1 Å². The molecule has 0 amide bonds. The number of nitrogens with zero attached hydrogens (tertiary/aromatic N) is 7. The van der Waals surface area contributed by atoms with E-state index in [2.05, 4.69) is 27.9 Å². The van der Waals surface area contributed by atoms with Crippen LogP contribution in [0.15, 0.2) is 206 Å². The number of hydrogen-bond donors (Lipinski definition) is 0. The molecule has 0 saturated carbocycles. The van der Waals surface area contributed by atoms with Crippen molar-refractivity contribution < 1.29 is 13.2 Å². The summed E-state index contributed by atoms with van der Waals surface area (Å²) >= 11 is 0. The number of aromatic nitrogens is 2. The lowest BCUT2D eigenvalue weighted by Crippen LogP contribution is -2.11. The molecule has 76 heavy (non-hydrogen) atoms. The van der Waals surface area contributed by atoms with Crippen LogP contribution in [-0.2, 0) is 6.18 Å². The Bertz CT molecular complexity index is 4100. The highest BCUT2D eigenvalue weighted by Crippen LogP contribution is 2.47. The molecule has 0 atom stereocenters. The Morgan fingerprint density at radius 3 is 1.00 bits per heavy atom. The van der Waals surface area contributed by atoms with Crippen molar-refractivity contribution in [3.05, 3.63) is 251 Å². The van der Waals surface area contributed by atoms with E-state index in [1.165, 1.54) is 12.1 Å². The smallest absolute Gasteiger partial charge is 0.309 e. The first-order valence-electron chi connectivity index (χ1n) is 23.9. The third kappa shape index (κ3) is 7.92. The Labute approximate surface area is 433 Å². The lowest BCUT2D eigenvalue weighted by Gasteiger charge is -2.23. The third-order valence-electron chi connectivity index (χ3n) is 14.1. The van der Waals surface area contributed by atoms with Crippen molar-refractivity contribution in [2.45, 2.75) is 6.18 Å². The number of nitriles is 3. The number of benzene rings is 10. The van der Waals surface area contributed by atoms with Crippen LogP contribution in [0.3, 0.4) is 0 Å². The molecule has 2 heterocycles. The molecule has 10 heteroatoms. The molecule has 0 unspecified atom stereocenters. The number of rotatable bonds is 7. The standard InChI is InChI=1S/C66H34F3N7/c1-73-53-22-14-45(15-23-53)49-20-28-61-57(33-49)58-34-50(46-16-24-54(74-2)25-17-46)21-29-62(58)76(61)64-36-52(66(67,68)69)35-63(65(64)51-5-3-4-42(30-51)39-72)75-59-26-18-47(43-10-6-40(37-70)7-11-43)31-55(59)56-32-48(19-27-60(56)75)44-12-8-41(38-71)9-13-44/h3-36H. The summed E-state index contributed by atoms with van der Waals surface area (Å²) in [6.45, 7) is 15.0. The summed E-state index contributed by atoms with van der Waals surface area (Å²) in [7, 11) is 0. The normalized spacial score (nSPS) is 11.3. The average Bonchev–Trinajstić information content (AvgIpc) is 4.07. The van der Waals surface area contributed by atoms with Gasteiger partial charge in [-0.25, -0.2) is 9.69 Å². The van der Waals surface area contributed by atoms with Crippen molar-refractivity contribution in [2.75, 3.05) is 0 Å². The minimum Gasteiger partial charge on any atom is -0.309 e. The fourth-order valence-corrected chi connectivity index (χ4v) is 10.4. The van der Waals surface area contributed by atoms with Crippen LogP contribution in [0.25, 0.3) is 120 Å². The van der Waals surface area contributed by atoms with Gasteiger partial charge in [-0.3, -0.25) is 0 Å². The SMILES string of the molecule is [C-]#[N+]c1ccc(-c2ccc3c(c2)c2cc(-c4ccc([N+]#[C-])cc4)ccc2n3-c2cc(C(F)(F)F)cc(-n3c4ccc(-c5ccc(C#N)cc5)cc4c4cc(-c5ccc(C#N)cc5)ccc43)c2-c2cccc(C#N)c2)cc1. The van der Waals surface area contributed by atoms with Crippen molar-refractivity contribution in [3.63, 3.8) is 0 Å². The molecular formula is C66H34F3N7. The average molecular weight is 982 g/mol. The Morgan fingerprint density at radius 2 is 0.684 bits per heavy atom. The second-order valence-corrected chi connectivity index (χ2v) is 18.4. The van der Waals surface area contributed by atoms with Gasteiger partial charge in [0.25, 0.3) is 0 Å². The van der Waals surface area contributed by atoms with Crippen molar-refractivity contribution in [2.24, 2.45) is 0 Å². The minimum absolute atomic E-state index is 0.222. The molecule has 12 aromatic rings. The topological polar surface area (TPSA) is 89.9 Å². The quantitative estimate of drug-likeness (QED) is 0.149. The van der Waals surface area contributed by atoms with Gasteiger partial charge in [-0.05, 0) is 147 Å². The van der Waals surface area contributed by atoms with Crippen LogP contribution in [0.2, 0.25) is 0 Å². The summed E-state index contributed by atoms with van der Waals surface area (Å²) in [5.74, 6) is 0. The summed E-state index contributed by atoms with van der Waals surface area (Å²) in [4.78, 5) is 7.13. The molecule has 354 valence electrons. The van der Waals surface area contributed by atoms with Crippen LogP contribution in [0.5, 0.6) is 0 Å². The largest absolute Gasteiger partial charge is 0.416 e. The van der Waals surface area contributed by atoms with Gasteiger partial charge in [-0.15, -0.1) is 0 Å². The van der Waals surface area contributed by atoms with E-state index in [1.54, 1.807) is 66.7 Å². The van der Waals surface area contributed by atoms with Gasteiger partial charge >= 0.3 is 6.18 Å². The van der Waals surface area contributed by atoms with Crippen LogP contribution in [0, 0.1) is 47.1 Å². The predicted octanol–water partition coefficient (Wildman–Crippen LogP) is 18.0. The van der Waals surface area contributed by atoms with E-state index < -0.39 is 11.7 Å². The maximum absolute atomic E-state index is 16.0. The molecule has 7 nitrogen and oxygen atoms in total. The zero-order valence-corrected chi connectivity index (χ0v) is 39.9. The first-order chi connectivity index (χ1) is 37.0. The predicted molar refractivity (Wildman–Crippen MR) is 294 cm³/mol. The van der Waals surface area contributed by atoms with Crippen molar-refractivity contribution in [1.82, 2.24) is 9.13 Å². The highest BCUT2D eigenvalue weighted by molar-refractivity contribution is 6.14. The van der Waals surface area contributed by atoms with Crippen molar-refractivity contribution in [1.29, 1.82) is 15.8 Å². The molecule has 12 rings (SSSR count). The van der Waals surface area contributed by atoms with Crippen LogP contribution in [0.4, 0.5) is 24.5 Å². The highest BCUT2D eigenvalue weighted by Gasteiger charge is 2.34. The molecule has 0 aliphatic heterocycles. The van der Waals surface area contributed by atoms with Crippen molar-refractivity contribution >= 4 is 55.0 Å². The Hall–Kier alpha value is -11.0.